The van der Waals surface area contributed by atoms with E-state index in [4.69, 9.17) is 11.6 Å². The summed E-state index contributed by atoms with van der Waals surface area (Å²) < 4.78 is 0. The quantitative estimate of drug-likeness (QED) is 0.835. The normalized spacial score (nSPS) is 17.2. The first-order valence-corrected chi connectivity index (χ1v) is 7.47. The fourth-order valence-corrected chi connectivity index (χ4v) is 3.05. The molecular weight excluding hydrogens is 292 g/mol. The van der Waals surface area contributed by atoms with Crippen LogP contribution in [-0.4, -0.2) is 22.0 Å². The predicted octanol–water partition coefficient (Wildman–Crippen LogP) is 3.41. The third-order valence-corrected chi connectivity index (χ3v) is 4.30. The van der Waals surface area contributed by atoms with Crippen molar-refractivity contribution in [2.24, 2.45) is 5.41 Å². The van der Waals surface area contributed by atoms with Crippen molar-refractivity contribution >= 4 is 29.2 Å². The number of nitrogens with one attached hydrogen (secondary N) is 1. The summed E-state index contributed by atoms with van der Waals surface area (Å²) >= 11 is 5.77. The molecular formula is C15H19ClN2O3. The summed E-state index contributed by atoms with van der Waals surface area (Å²) in [6.45, 7) is 1.75. The van der Waals surface area contributed by atoms with Gasteiger partial charge < -0.3 is 10.4 Å². The lowest BCUT2D eigenvalue weighted by molar-refractivity contribution is -0.153. The van der Waals surface area contributed by atoms with Gasteiger partial charge >= 0.3 is 5.97 Å². The van der Waals surface area contributed by atoms with Crippen LogP contribution in [0.3, 0.4) is 0 Å². The first-order chi connectivity index (χ1) is 9.93. The van der Waals surface area contributed by atoms with Crippen LogP contribution in [0.5, 0.6) is 0 Å². The number of aliphatic carboxylic acids is 1. The van der Waals surface area contributed by atoms with Crippen molar-refractivity contribution in [3.63, 3.8) is 0 Å². The molecule has 1 fully saturated rings. The number of hydrogen-bond acceptors (Lipinski definition) is 3. The highest BCUT2D eigenvalue weighted by Gasteiger charge is 2.41. The summed E-state index contributed by atoms with van der Waals surface area (Å²) in [5.74, 6) is -1.16. The average molecular weight is 311 g/mol. The number of amides is 1. The maximum absolute atomic E-state index is 12.2. The van der Waals surface area contributed by atoms with Crippen LogP contribution in [0.2, 0.25) is 5.15 Å². The molecule has 0 radical (unpaired) electrons. The highest BCUT2D eigenvalue weighted by Crippen LogP contribution is 2.39. The second-order valence-corrected chi connectivity index (χ2v) is 6.03. The van der Waals surface area contributed by atoms with Crippen LogP contribution < -0.4 is 5.32 Å². The second kappa shape index (κ2) is 6.43. The van der Waals surface area contributed by atoms with Crippen molar-refractivity contribution in [1.82, 2.24) is 4.98 Å². The number of carbonyl (C=O) groups excluding carboxylic acids is 1. The van der Waals surface area contributed by atoms with Crippen LogP contribution in [0.1, 0.15) is 44.2 Å². The molecule has 1 amide bonds. The zero-order valence-electron chi connectivity index (χ0n) is 12.0. The van der Waals surface area contributed by atoms with E-state index in [0.29, 0.717) is 29.4 Å². The number of hydrogen-bond donors (Lipinski definition) is 2. The molecule has 0 unspecified atom stereocenters. The Morgan fingerprint density at radius 2 is 2.00 bits per heavy atom. The lowest BCUT2D eigenvalue weighted by atomic mass is 9.71. The van der Waals surface area contributed by atoms with Crippen LogP contribution in [-0.2, 0) is 9.59 Å². The van der Waals surface area contributed by atoms with Gasteiger partial charge in [-0.05, 0) is 31.9 Å². The zero-order chi connectivity index (χ0) is 15.5. The number of carbonyl (C=O) groups is 2. The highest BCUT2D eigenvalue weighted by atomic mass is 35.5. The maximum atomic E-state index is 12.2. The first kappa shape index (κ1) is 15.8. The van der Waals surface area contributed by atoms with E-state index in [0.717, 1.165) is 19.3 Å². The Morgan fingerprint density at radius 3 is 2.57 bits per heavy atom. The summed E-state index contributed by atoms with van der Waals surface area (Å²) in [7, 11) is 0. The Hall–Kier alpha value is -1.62. The standard InChI is InChI=1S/C15H19ClN2O3/c1-10-11(5-6-12(16)17-10)18-13(19)9-15(14(20)21)7-3-2-4-8-15/h5-6H,2-4,7-9H2,1H3,(H,18,19)(H,20,21). The van der Waals surface area contributed by atoms with Gasteiger partial charge in [-0.2, -0.15) is 0 Å². The molecule has 0 saturated heterocycles. The smallest absolute Gasteiger partial charge is 0.310 e. The molecule has 1 aliphatic carbocycles. The summed E-state index contributed by atoms with van der Waals surface area (Å²) in [4.78, 5) is 27.8. The van der Waals surface area contributed by atoms with E-state index < -0.39 is 11.4 Å². The summed E-state index contributed by atoms with van der Waals surface area (Å²) in [6, 6.07) is 3.27. The Kier molecular flexibility index (Phi) is 4.83. The van der Waals surface area contributed by atoms with Crippen molar-refractivity contribution in [2.45, 2.75) is 45.4 Å². The average Bonchev–Trinajstić information content (AvgIpc) is 2.43. The van der Waals surface area contributed by atoms with E-state index in [9.17, 15) is 14.7 Å². The number of pyridine rings is 1. The number of carboxylic acids is 1. The van der Waals surface area contributed by atoms with E-state index in [1.54, 1.807) is 19.1 Å². The summed E-state index contributed by atoms with van der Waals surface area (Å²) in [5.41, 5.74) is 0.264. The van der Waals surface area contributed by atoms with Crippen LogP contribution in [0.15, 0.2) is 12.1 Å². The molecule has 1 saturated carbocycles. The van der Waals surface area contributed by atoms with Crippen molar-refractivity contribution in [3.8, 4) is 0 Å². The Bertz CT molecular complexity index is 554. The molecule has 1 aromatic rings. The molecule has 5 nitrogen and oxygen atoms in total. The summed E-state index contributed by atoms with van der Waals surface area (Å²) in [6.07, 6.45) is 3.89. The fourth-order valence-electron chi connectivity index (χ4n) is 2.86. The van der Waals surface area contributed by atoms with Gasteiger partial charge in [0.2, 0.25) is 5.91 Å². The van der Waals surface area contributed by atoms with Gasteiger partial charge in [-0.25, -0.2) is 4.98 Å². The molecule has 0 spiro atoms. The van der Waals surface area contributed by atoms with Gasteiger partial charge in [0.05, 0.1) is 16.8 Å². The molecule has 2 rings (SSSR count). The van der Waals surface area contributed by atoms with E-state index in [-0.39, 0.29) is 12.3 Å². The lowest BCUT2D eigenvalue weighted by Crippen LogP contribution is -2.37. The topological polar surface area (TPSA) is 79.3 Å². The van der Waals surface area contributed by atoms with Gasteiger partial charge in [0.15, 0.2) is 0 Å². The Morgan fingerprint density at radius 1 is 1.33 bits per heavy atom. The molecule has 0 aromatic carbocycles. The van der Waals surface area contributed by atoms with Gasteiger partial charge in [-0.3, -0.25) is 9.59 Å². The van der Waals surface area contributed by atoms with Crippen molar-refractivity contribution in [1.29, 1.82) is 0 Å². The number of nitrogens with zero attached hydrogens (tertiary/aromatic N) is 1. The molecule has 0 aliphatic heterocycles. The molecule has 1 aliphatic rings. The van der Waals surface area contributed by atoms with E-state index in [1.807, 2.05) is 0 Å². The van der Waals surface area contributed by atoms with E-state index in [1.165, 1.54) is 0 Å². The Balaban J connectivity index is 2.07. The van der Waals surface area contributed by atoms with Crippen molar-refractivity contribution in [2.75, 3.05) is 5.32 Å². The molecule has 0 atom stereocenters. The molecule has 2 N–H and O–H groups in total. The largest absolute Gasteiger partial charge is 0.481 e. The highest BCUT2D eigenvalue weighted by molar-refractivity contribution is 6.29. The maximum Gasteiger partial charge on any atom is 0.310 e. The zero-order valence-corrected chi connectivity index (χ0v) is 12.7. The van der Waals surface area contributed by atoms with Crippen molar-refractivity contribution in [3.05, 3.63) is 23.0 Å². The lowest BCUT2D eigenvalue weighted by Gasteiger charge is -2.32. The summed E-state index contributed by atoms with van der Waals surface area (Å²) in [5, 5.41) is 12.6. The number of rotatable bonds is 4. The fraction of sp³-hybridized carbons (Fsp3) is 0.533. The van der Waals surface area contributed by atoms with Gasteiger partial charge in [0.25, 0.3) is 0 Å². The predicted molar refractivity (Wildman–Crippen MR) is 80.4 cm³/mol. The van der Waals surface area contributed by atoms with Crippen LogP contribution in [0, 0.1) is 12.3 Å². The minimum absolute atomic E-state index is 0.00436. The molecule has 1 heterocycles. The molecule has 6 heteroatoms. The van der Waals surface area contributed by atoms with E-state index >= 15 is 0 Å². The number of aryl methyl sites for hydroxylation is 1. The number of halogens is 1. The van der Waals surface area contributed by atoms with Crippen molar-refractivity contribution < 1.29 is 14.7 Å². The molecule has 0 bridgehead atoms. The monoisotopic (exact) mass is 310 g/mol. The van der Waals surface area contributed by atoms with Crippen LogP contribution in [0.25, 0.3) is 0 Å². The van der Waals surface area contributed by atoms with Gasteiger partial charge in [-0.1, -0.05) is 30.9 Å². The number of anilines is 1. The minimum Gasteiger partial charge on any atom is -0.481 e. The second-order valence-electron chi connectivity index (χ2n) is 5.64. The Labute approximate surface area is 128 Å². The van der Waals surface area contributed by atoms with Gasteiger partial charge in [0, 0.05) is 6.42 Å². The van der Waals surface area contributed by atoms with E-state index in [2.05, 4.69) is 10.3 Å². The van der Waals surface area contributed by atoms with Crippen LogP contribution in [0.4, 0.5) is 5.69 Å². The first-order valence-electron chi connectivity index (χ1n) is 7.09. The number of aromatic nitrogens is 1. The minimum atomic E-state index is -0.921. The number of carboxylic acid groups (broad SMARTS) is 1. The van der Waals surface area contributed by atoms with Crippen LogP contribution >= 0.6 is 11.6 Å². The molecule has 21 heavy (non-hydrogen) atoms. The SMILES string of the molecule is Cc1nc(Cl)ccc1NC(=O)CC1(C(=O)O)CCCCC1. The van der Waals surface area contributed by atoms with Gasteiger partial charge in [0.1, 0.15) is 5.15 Å². The molecule has 1 aromatic heterocycles. The third-order valence-electron chi connectivity index (χ3n) is 4.09. The van der Waals surface area contributed by atoms with Gasteiger partial charge in [-0.15, -0.1) is 0 Å². The third kappa shape index (κ3) is 3.73. The molecule has 114 valence electrons.